The minimum absolute atomic E-state index is 0.690. The lowest BCUT2D eigenvalue weighted by Crippen LogP contribution is -2.11. The predicted octanol–water partition coefficient (Wildman–Crippen LogP) is 1.67. The molecule has 0 saturated carbocycles. The van der Waals surface area contributed by atoms with E-state index in [0.717, 1.165) is 11.4 Å². The molecule has 0 fully saturated rings. The molecule has 0 atom stereocenters. The van der Waals surface area contributed by atoms with Gasteiger partial charge in [0.2, 0.25) is 0 Å². The molecule has 0 unspecified atom stereocenters. The van der Waals surface area contributed by atoms with Crippen LogP contribution in [0.2, 0.25) is 0 Å². The zero-order valence-corrected chi connectivity index (χ0v) is 8.13. The number of nitrogens with one attached hydrogen (secondary N) is 1. The Morgan fingerprint density at radius 1 is 1.38 bits per heavy atom. The fourth-order valence-corrected chi connectivity index (χ4v) is 1.24. The third kappa shape index (κ3) is 1.73. The molecule has 0 saturated heterocycles. The molecule has 1 rings (SSSR count). The highest BCUT2D eigenvalue weighted by Crippen LogP contribution is 2.24. The van der Waals surface area contributed by atoms with E-state index in [2.05, 4.69) is 11.4 Å². The van der Waals surface area contributed by atoms with Crippen molar-refractivity contribution in [1.82, 2.24) is 0 Å². The van der Waals surface area contributed by atoms with Gasteiger partial charge in [0.15, 0.2) is 0 Å². The summed E-state index contributed by atoms with van der Waals surface area (Å²) in [6.45, 7) is 0. The number of rotatable bonds is 2. The van der Waals surface area contributed by atoms with Crippen LogP contribution in [0.4, 0.5) is 11.4 Å². The monoisotopic (exact) mass is 175 g/mol. The van der Waals surface area contributed by atoms with Crippen molar-refractivity contribution in [2.45, 2.75) is 0 Å². The lowest BCUT2D eigenvalue weighted by Gasteiger charge is -2.15. The van der Waals surface area contributed by atoms with Gasteiger partial charge in [-0.05, 0) is 12.1 Å². The SMILES string of the molecule is CNc1cccc(N(C)C)c1C#N. The Hall–Kier alpha value is -1.69. The Morgan fingerprint density at radius 3 is 2.54 bits per heavy atom. The van der Waals surface area contributed by atoms with Crippen molar-refractivity contribution in [3.63, 3.8) is 0 Å². The van der Waals surface area contributed by atoms with Gasteiger partial charge in [0, 0.05) is 21.1 Å². The van der Waals surface area contributed by atoms with Gasteiger partial charge < -0.3 is 10.2 Å². The van der Waals surface area contributed by atoms with Crippen molar-refractivity contribution in [3.8, 4) is 6.07 Å². The summed E-state index contributed by atoms with van der Waals surface area (Å²) >= 11 is 0. The summed E-state index contributed by atoms with van der Waals surface area (Å²) in [5.41, 5.74) is 2.50. The normalized spacial score (nSPS) is 9.08. The van der Waals surface area contributed by atoms with Gasteiger partial charge in [-0.3, -0.25) is 0 Å². The van der Waals surface area contributed by atoms with Crippen molar-refractivity contribution in [3.05, 3.63) is 23.8 Å². The molecule has 0 bridgehead atoms. The lowest BCUT2D eigenvalue weighted by atomic mass is 10.1. The van der Waals surface area contributed by atoms with E-state index in [1.54, 1.807) is 0 Å². The van der Waals surface area contributed by atoms with Crippen LogP contribution in [0.1, 0.15) is 5.56 Å². The van der Waals surface area contributed by atoms with Crippen molar-refractivity contribution >= 4 is 11.4 Å². The summed E-state index contributed by atoms with van der Waals surface area (Å²) in [6, 6.07) is 7.95. The zero-order valence-electron chi connectivity index (χ0n) is 8.13. The van der Waals surface area contributed by atoms with E-state index in [-0.39, 0.29) is 0 Å². The van der Waals surface area contributed by atoms with Gasteiger partial charge in [0.25, 0.3) is 0 Å². The topological polar surface area (TPSA) is 39.1 Å². The van der Waals surface area contributed by atoms with E-state index < -0.39 is 0 Å². The number of hydrogen-bond acceptors (Lipinski definition) is 3. The first-order valence-corrected chi connectivity index (χ1v) is 4.09. The van der Waals surface area contributed by atoms with Crippen LogP contribution in [0.15, 0.2) is 18.2 Å². The summed E-state index contributed by atoms with van der Waals surface area (Å²) < 4.78 is 0. The van der Waals surface area contributed by atoms with Crippen molar-refractivity contribution in [2.24, 2.45) is 0 Å². The van der Waals surface area contributed by atoms with Crippen LogP contribution >= 0.6 is 0 Å². The molecule has 3 nitrogen and oxygen atoms in total. The van der Waals surface area contributed by atoms with Crippen LogP contribution in [0, 0.1) is 11.3 Å². The Morgan fingerprint density at radius 2 is 2.08 bits per heavy atom. The second-order valence-corrected chi connectivity index (χ2v) is 2.96. The molecule has 0 aliphatic heterocycles. The largest absolute Gasteiger partial charge is 0.387 e. The third-order valence-electron chi connectivity index (χ3n) is 1.91. The van der Waals surface area contributed by atoms with Crippen molar-refractivity contribution < 1.29 is 0 Å². The molecule has 0 amide bonds. The molecule has 0 radical (unpaired) electrons. The Kier molecular flexibility index (Phi) is 2.76. The maximum atomic E-state index is 8.96. The van der Waals surface area contributed by atoms with Gasteiger partial charge in [-0.25, -0.2) is 0 Å². The number of benzene rings is 1. The molecule has 1 N–H and O–H groups in total. The quantitative estimate of drug-likeness (QED) is 0.743. The minimum Gasteiger partial charge on any atom is -0.387 e. The summed E-state index contributed by atoms with van der Waals surface area (Å²) in [5, 5.41) is 12.0. The second kappa shape index (κ2) is 3.81. The smallest absolute Gasteiger partial charge is 0.104 e. The lowest BCUT2D eigenvalue weighted by molar-refractivity contribution is 1.12. The van der Waals surface area contributed by atoms with E-state index >= 15 is 0 Å². The van der Waals surface area contributed by atoms with Crippen LogP contribution in [0.25, 0.3) is 0 Å². The van der Waals surface area contributed by atoms with E-state index in [1.165, 1.54) is 0 Å². The van der Waals surface area contributed by atoms with Crippen molar-refractivity contribution in [2.75, 3.05) is 31.4 Å². The van der Waals surface area contributed by atoms with Gasteiger partial charge >= 0.3 is 0 Å². The van der Waals surface area contributed by atoms with Gasteiger partial charge in [-0.1, -0.05) is 6.07 Å². The highest BCUT2D eigenvalue weighted by atomic mass is 15.1. The zero-order chi connectivity index (χ0) is 9.84. The fourth-order valence-electron chi connectivity index (χ4n) is 1.24. The van der Waals surface area contributed by atoms with E-state index in [0.29, 0.717) is 5.56 Å². The third-order valence-corrected chi connectivity index (χ3v) is 1.91. The van der Waals surface area contributed by atoms with Crippen LogP contribution in [0.3, 0.4) is 0 Å². The Labute approximate surface area is 78.6 Å². The van der Waals surface area contributed by atoms with Gasteiger partial charge in [-0.2, -0.15) is 5.26 Å². The standard InChI is InChI=1S/C10H13N3/c1-12-9-5-4-6-10(13(2)3)8(9)7-11/h4-6,12H,1-3H3. The predicted molar refractivity (Wildman–Crippen MR) is 55.0 cm³/mol. The first-order valence-electron chi connectivity index (χ1n) is 4.09. The van der Waals surface area contributed by atoms with Crippen LogP contribution in [0.5, 0.6) is 0 Å². The van der Waals surface area contributed by atoms with E-state index in [1.807, 2.05) is 44.2 Å². The fraction of sp³-hybridized carbons (Fsp3) is 0.300. The molecule has 0 aromatic heterocycles. The molecule has 3 heteroatoms. The maximum absolute atomic E-state index is 8.96. The average Bonchev–Trinajstić information content (AvgIpc) is 2.16. The number of hydrogen-bond donors (Lipinski definition) is 1. The molecule has 0 aliphatic rings. The summed E-state index contributed by atoms with van der Waals surface area (Å²) in [4.78, 5) is 1.93. The van der Waals surface area contributed by atoms with E-state index in [9.17, 15) is 0 Å². The molecular weight excluding hydrogens is 162 g/mol. The van der Waals surface area contributed by atoms with Crippen LogP contribution < -0.4 is 10.2 Å². The van der Waals surface area contributed by atoms with Gasteiger partial charge in [0.05, 0.1) is 16.9 Å². The molecule has 0 spiro atoms. The molecule has 13 heavy (non-hydrogen) atoms. The average molecular weight is 175 g/mol. The molecule has 0 aliphatic carbocycles. The first-order chi connectivity index (χ1) is 6.20. The van der Waals surface area contributed by atoms with E-state index in [4.69, 9.17) is 5.26 Å². The molecule has 68 valence electrons. The van der Waals surface area contributed by atoms with Crippen LogP contribution in [-0.4, -0.2) is 21.1 Å². The van der Waals surface area contributed by atoms with Gasteiger partial charge in [0.1, 0.15) is 6.07 Å². The molecular formula is C10H13N3. The number of nitriles is 1. The summed E-state index contributed by atoms with van der Waals surface area (Å²) in [5.74, 6) is 0. The van der Waals surface area contributed by atoms with Crippen molar-refractivity contribution in [1.29, 1.82) is 5.26 Å². The summed E-state index contributed by atoms with van der Waals surface area (Å²) in [7, 11) is 5.67. The highest BCUT2D eigenvalue weighted by molar-refractivity contribution is 5.71. The maximum Gasteiger partial charge on any atom is 0.104 e. The minimum atomic E-state index is 0.690. The Bertz CT molecular complexity index is 337. The first kappa shape index (κ1) is 9.40. The molecule has 0 heterocycles. The second-order valence-electron chi connectivity index (χ2n) is 2.96. The van der Waals surface area contributed by atoms with Crippen LogP contribution in [-0.2, 0) is 0 Å². The number of nitrogens with zero attached hydrogens (tertiary/aromatic N) is 2. The highest BCUT2D eigenvalue weighted by Gasteiger charge is 2.07. The molecule has 1 aromatic carbocycles. The number of anilines is 2. The van der Waals surface area contributed by atoms with Gasteiger partial charge in [-0.15, -0.1) is 0 Å². The summed E-state index contributed by atoms with van der Waals surface area (Å²) in [6.07, 6.45) is 0. The molecule has 1 aromatic rings. The Balaban J connectivity index is 3.29.